The van der Waals surface area contributed by atoms with Gasteiger partial charge < -0.3 is 10.1 Å². The van der Waals surface area contributed by atoms with Crippen molar-refractivity contribution in [1.82, 2.24) is 18.8 Å². The van der Waals surface area contributed by atoms with Crippen molar-refractivity contribution in [1.29, 1.82) is 0 Å². The number of aromatic nitrogens is 2. The predicted molar refractivity (Wildman–Crippen MR) is 91.7 cm³/mol. The molecule has 10 heteroatoms. The molecule has 0 aliphatic carbocycles. The number of hydrogen-bond acceptors (Lipinski definition) is 7. The Hall–Kier alpha value is -0.840. The predicted octanol–water partition coefficient (Wildman–Crippen LogP) is 1.16. The minimum Gasteiger partial charge on any atom is -0.383 e. The molecule has 0 radical (unpaired) electrons. The zero-order chi connectivity index (χ0) is 15.6. The summed E-state index contributed by atoms with van der Waals surface area (Å²) >= 11 is 1.01. The second-order valence-corrected chi connectivity index (χ2v) is 7.72. The minimum atomic E-state index is -3.64. The van der Waals surface area contributed by atoms with Crippen LogP contribution in [0.25, 0.3) is 11.0 Å². The first-order valence-corrected chi connectivity index (χ1v) is 9.23. The fourth-order valence-electron chi connectivity index (χ4n) is 2.78. The molecule has 7 nitrogen and oxygen atoms in total. The van der Waals surface area contributed by atoms with Gasteiger partial charge in [-0.1, -0.05) is 6.07 Å². The number of methoxy groups -OCH3 is 1. The normalized spacial score (nSPS) is 21.4. The van der Waals surface area contributed by atoms with Crippen LogP contribution in [-0.2, 0) is 14.8 Å². The third kappa shape index (κ3) is 3.81. The standard InChI is InChI=1S/C13H18N4O3S2.ClH/c1-20-9-13(6-3-7-14-13)8-15-22(18,19)11-5-2-4-10-12(11)17-21-16-10;/h2,4-5,14-15H,3,6-9H2,1H3;1H. The van der Waals surface area contributed by atoms with Gasteiger partial charge in [0.25, 0.3) is 0 Å². The van der Waals surface area contributed by atoms with Crippen LogP contribution in [0.4, 0.5) is 0 Å². The van der Waals surface area contributed by atoms with E-state index in [0.29, 0.717) is 17.6 Å². The van der Waals surface area contributed by atoms with Crippen LogP contribution in [0.3, 0.4) is 0 Å². The molecule has 2 heterocycles. The van der Waals surface area contributed by atoms with E-state index >= 15 is 0 Å². The van der Waals surface area contributed by atoms with E-state index in [0.717, 1.165) is 31.1 Å². The molecular formula is C13H19ClN4O3S2. The molecule has 1 atom stereocenters. The van der Waals surface area contributed by atoms with Gasteiger partial charge in [-0.3, -0.25) is 0 Å². The summed E-state index contributed by atoms with van der Waals surface area (Å²) in [5.74, 6) is 0. The van der Waals surface area contributed by atoms with E-state index in [1.165, 1.54) is 0 Å². The summed E-state index contributed by atoms with van der Waals surface area (Å²) in [7, 11) is -2.02. The van der Waals surface area contributed by atoms with Crippen LogP contribution < -0.4 is 10.0 Å². The molecule has 3 rings (SSSR count). The molecule has 1 aromatic heterocycles. The largest absolute Gasteiger partial charge is 0.383 e. The summed E-state index contributed by atoms with van der Waals surface area (Å²) in [5, 5.41) is 3.35. The number of fused-ring (bicyclic) bond motifs is 1. The summed E-state index contributed by atoms with van der Waals surface area (Å²) in [6.45, 7) is 1.63. The Labute approximate surface area is 145 Å². The molecule has 2 N–H and O–H groups in total. The van der Waals surface area contributed by atoms with Crippen LogP contribution >= 0.6 is 24.1 Å². The highest BCUT2D eigenvalue weighted by atomic mass is 35.5. The molecule has 128 valence electrons. The molecule has 2 aromatic rings. The van der Waals surface area contributed by atoms with Crippen molar-refractivity contribution in [2.75, 3.05) is 26.8 Å². The maximum Gasteiger partial charge on any atom is 0.242 e. The van der Waals surface area contributed by atoms with E-state index in [1.54, 1.807) is 25.3 Å². The van der Waals surface area contributed by atoms with E-state index in [1.807, 2.05) is 0 Å². The number of halogens is 1. The van der Waals surface area contributed by atoms with Crippen molar-refractivity contribution < 1.29 is 13.2 Å². The van der Waals surface area contributed by atoms with Gasteiger partial charge in [0.1, 0.15) is 15.9 Å². The van der Waals surface area contributed by atoms with E-state index in [2.05, 4.69) is 18.8 Å². The van der Waals surface area contributed by atoms with Crippen molar-refractivity contribution in [3.05, 3.63) is 18.2 Å². The minimum absolute atomic E-state index is 0. The van der Waals surface area contributed by atoms with Gasteiger partial charge >= 0.3 is 0 Å². The molecule has 23 heavy (non-hydrogen) atoms. The van der Waals surface area contributed by atoms with Gasteiger partial charge in [0.15, 0.2) is 0 Å². The van der Waals surface area contributed by atoms with E-state index in [9.17, 15) is 8.42 Å². The molecule has 0 saturated carbocycles. The maximum absolute atomic E-state index is 12.6. The highest BCUT2D eigenvalue weighted by Crippen LogP contribution is 2.23. The average molecular weight is 379 g/mol. The van der Waals surface area contributed by atoms with E-state index in [4.69, 9.17) is 4.74 Å². The average Bonchev–Trinajstić information content (AvgIpc) is 3.14. The fraction of sp³-hybridized carbons (Fsp3) is 0.538. The Bertz CT molecular complexity index is 759. The molecule has 1 fully saturated rings. The summed E-state index contributed by atoms with van der Waals surface area (Å²) in [6, 6.07) is 4.98. The van der Waals surface area contributed by atoms with Crippen LogP contribution in [0, 0.1) is 0 Å². The van der Waals surface area contributed by atoms with Crippen molar-refractivity contribution in [3.63, 3.8) is 0 Å². The van der Waals surface area contributed by atoms with Crippen LogP contribution in [0.2, 0.25) is 0 Å². The summed E-state index contributed by atoms with van der Waals surface area (Å²) < 4.78 is 41.3. The lowest BCUT2D eigenvalue weighted by Gasteiger charge is -2.28. The molecule has 1 unspecified atom stereocenters. The van der Waals surface area contributed by atoms with Crippen LogP contribution in [0.15, 0.2) is 23.1 Å². The van der Waals surface area contributed by atoms with E-state index in [-0.39, 0.29) is 29.4 Å². The first-order chi connectivity index (χ1) is 10.6. The molecule has 0 spiro atoms. The molecule has 1 aliphatic rings. The number of ether oxygens (including phenoxy) is 1. The molecule has 0 amide bonds. The lowest BCUT2D eigenvalue weighted by Crippen LogP contribution is -2.52. The van der Waals surface area contributed by atoms with Crippen LogP contribution in [0.5, 0.6) is 0 Å². The Morgan fingerprint density at radius 2 is 2.26 bits per heavy atom. The third-order valence-electron chi connectivity index (χ3n) is 3.89. The summed E-state index contributed by atoms with van der Waals surface area (Å²) in [5.41, 5.74) is 0.675. The SMILES string of the molecule is COCC1(CNS(=O)(=O)c2cccc3nsnc23)CCCN1.Cl. The highest BCUT2D eigenvalue weighted by molar-refractivity contribution is 7.89. The topological polar surface area (TPSA) is 93.2 Å². The first-order valence-electron chi connectivity index (χ1n) is 7.01. The van der Waals surface area contributed by atoms with Crippen molar-refractivity contribution in [2.24, 2.45) is 0 Å². The Kier molecular flexibility index (Phi) is 5.93. The van der Waals surface area contributed by atoms with Crippen molar-refractivity contribution in [3.8, 4) is 0 Å². The first kappa shape index (κ1) is 18.5. The van der Waals surface area contributed by atoms with Gasteiger partial charge in [-0.25, -0.2) is 13.1 Å². The van der Waals surface area contributed by atoms with Gasteiger partial charge in [-0.05, 0) is 31.5 Å². The Morgan fingerprint density at radius 3 is 2.96 bits per heavy atom. The fourth-order valence-corrected chi connectivity index (χ4v) is 4.67. The number of rotatable bonds is 6. The quantitative estimate of drug-likeness (QED) is 0.783. The molecule has 0 bridgehead atoms. The Balaban J connectivity index is 0.00000192. The second kappa shape index (κ2) is 7.37. The van der Waals surface area contributed by atoms with Gasteiger partial charge in [0.2, 0.25) is 10.0 Å². The number of nitrogens with one attached hydrogen (secondary N) is 2. The summed E-state index contributed by atoms with van der Waals surface area (Å²) in [6.07, 6.45) is 1.89. The van der Waals surface area contributed by atoms with Crippen molar-refractivity contribution in [2.45, 2.75) is 23.3 Å². The number of nitrogens with zero attached hydrogens (tertiary/aromatic N) is 2. The Morgan fingerprint density at radius 1 is 1.43 bits per heavy atom. The monoisotopic (exact) mass is 378 g/mol. The number of hydrogen-bond donors (Lipinski definition) is 2. The number of sulfonamides is 1. The smallest absolute Gasteiger partial charge is 0.242 e. The van der Waals surface area contributed by atoms with Gasteiger partial charge in [-0.15, -0.1) is 12.4 Å². The van der Waals surface area contributed by atoms with E-state index < -0.39 is 10.0 Å². The van der Waals surface area contributed by atoms with Crippen LogP contribution in [0.1, 0.15) is 12.8 Å². The lowest BCUT2D eigenvalue weighted by atomic mass is 9.99. The second-order valence-electron chi connectivity index (χ2n) is 5.46. The zero-order valence-electron chi connectivity index (χ0n) is 12.6. The number of benzene rings is 1. The van der Waals surface area contributed by atoms with Gasteiger partial charge in [0.05, 0.1) is 23.9 Å². The third-order valence-corrected chi connectivity index (χ3v) is 5.87. The van der Waals surface area contributed by atoms with Crippen molar-refractivity contribution >= 4 is 45.2 Å². The summed E-state index contributed by atoms with van der Waals surface area (Å²) in [4.78, 5) is 0.171. The molecule has 1 saturated heterocycles. The molecule has 1 aromatic carbocycles. The maximum atomic E-state index is 12.6. The highest BCUT2D eigenvalue weighted by Gasteiger charge is 2.35. The molecule has 1 aliphatic heterocycles. The van der Waals surface area contributed by atoms with Crippen LogP contribution in [-0.4, -0.2) is 49.5 Å². The van der Waals surface area contributed by atoms with Gasteiger partial charge in [-0.2, -0.15) is 8.75 Å². The van der Waals surface area contributed by atoms with Gasteiger partial charge in [0, 0.05) is 13.7 Å². The lowest BCUT2D eigenvalue weighted by molar-refractivity contribution is 0.122. The zero-order valence-corrected chi connectivity index (χ0v) is 15.1. The molecular weight excluding hydrogens is 360 g/mol.